The molecule has 2 fully saturated rings. The highest BCUT2D eigenvalue weighted by Gasteiger charge is 2.53. The van der Waals surface area contributed by atoms with Gasteiger partial charge in [0.05, 0.1) is 12.1 Å². The van der Waals surface area contributed by atoms with Crippen LogP contribution in [0.2, 0.25) is 0 Å². The van der Waals surface area contributed by atoms with Crippen molar-refractivity contribution < 1.29 is 9.59 Å². The molecule has 1 N–H and O–H groups in total. The van der Waals surface area contributed by atoms with Gasteiger partial charge in [-0.3, -0.25) is 19.6 Å². The zero-order valence-corrected chi connectivity index (χ0v) is 14.9. The molecule has 8 heteroatoms. The summed E-state index contributed by atoms with van der Waals surface area (Å²) in [6, 6.07) is 7.66. The normalized spacial score (nSPS) is 30.4. The number of carbonyl (C=O) groups is 2. The van der Waals surface area contributed by atoms with Gasteiger partial charge in [0.1, 0.15) is 0 Å². The lowest BCUT2D eigenvalue weighted by atomic mass is 10.00. The maximum absolute atomic E-state index is 13.1. The average molecular weight is 354 g/mol. The fourth-order valence-electron chi connectivity index (χ4n) is 4.65. The summed E-state index contributed by atoms with van der Waals surface area (Å²) in [5.74, 6) is 0.325. The van der Waals surface area contributed by atoms with Gasteiger partial charge in [0, 0.05) is 39.4 Å². The van der Waals surface area contributed by atoms with E-state index in [0.717, 1.165) is 31.7 Å². The number of para-hydroxylation sites is 1. The van der Waals surface area contributed by atoms with Crippen LogP contribution in [0.15, 0.2) is 29.4 Å². The largest absolute Gasteiger partial charge is 0.348 e. The molecule has 26 heavy (non-hydrogen) atoms. The minimum absolute atomic E-state index is 0.144. The molecule has 4 heterocycles. The molecule has 2 saturated heterocycles. The lowest BCUT2D eigenvalue weighted by molar-refractivity contribution is -0.128. The van der Waals surface area contributed by atoms with Crippen molar-refractivity contribution >= 4 is 23.5 Å². The number of benzene rings is 1. The van der Waals surface area contributed by atoms with Gasteiger partial charge in [-0.05, 0) is 18.1 Å². The molecule has 4 aliphatic rings. The van der Waals surface area contributed by atoms with E-state index in [1.807, 2.05) is 12.1 Å². The molecule has 0 aliphatic carbocycles. The number of imide groups is 1. The van der Waals surface area contributed by atoms with E-state index in [-0.39, 0.29) is 24.0 Å². The van der Waals surface area contributed by atoms with Crippen LogP contribution >= 0.6 is 0 Å². The number of carbonyl (C=O) groups excluding carboxylic acids is 2. The predicted molar refractivity (Wildman–Crippen MR) is 96.9 cm³/mol. The molecule has 1 aromatic carbocycles. The molecular formula is C18H22N6O2. The van der Waals surface area contributed by atoms with Crippen LogP contribution in [0, 0.1) is 0 Å². The molecule has 3 atom stereocenters. The number of amidine groups is 1. The van der Waals surface area contributed by atoms with Gasteiger partial charge < -0.3 is 10.2 Å². The monoisotopic (exact) mass is 354 g/mol. The molecule has 0 spiro atoms. The molecule has 3 amide bonds. The number of likely N-dealkylation sites (N-methyl/N-ethyl adjacent to an activating group) is 2. The first kappa shape index (κ1) is 15.6. The Labute approximate surface area is 152 Å². The van der Waals surface area contributed by atoms with Crippen molar-refractivity contribution in [3.63, 3.8) is 0 Å². The van der Waals surface area contributed by atoms with Gasteiger partial charge in [0.15, 0.2) is 11.9 Å². The summed E-state index contributed by atoms with van der Waals surface area (Å²) < 4.78 is 0. The highest BCUT2D eigenvalue weighted by molar-refractivity contribution is 6.22. The van der Waals surface area contributed by atoms with Crippen molar-refractivity contribution in [1.29, 1.82) is 0 Å². The standard InChI is InChI=1S/C18H22N6O2/c1-21-16-15(17(25)22(2)18(21)26)24-12-6-4-3-5-11(12)9-13(24)14-10-19-7-8-23(14)20-16/h3-6,13-15,19H,7-10H2,1-2H3. The number of nitrogens with one attached hydrogen (secondary N) is 1. The Hall–Kier alpha value is -2.61. The summed E-state index contributed by atoms with van der Waals surface area (Å²) in [5.41, 5.74) is 2.33. The molecule has 0 bridgehead atoms. The van der Waals surface area contributed by atoms with Crippen molar-refractivity contribution in [3.8, 4) is 0 Å². The number of nitrogens with zero attached hydrogens (tertiary/aromatic N) is 5. The Morgan fingerprint density at radius 2 is 1.92 bits per heavy atom. The minimum atomic E-state index is -0.568. The first-order valence-electron chi connectivity index (χ1n) is 9.05. The van der Waals surface area contributed by atoms with Gasteiger partial charge in [0.2, 0.25) is 0 Å². The van der Waals surface area contributed by atoms with E-state index < -0.39 is 6.04 Å². The van der Waals surface area contributed by atoms with Crippen LogP contribution in [-0.2, 0) is 11.2 Å². The van der Waals surface area contributed by atoms with Crippen LogP contribution < -0.4 is 10.2 Å². The molecule has 3 unspecified atom stereocenters. The third-order valence-corrected chi connectivity index (χ3v) is 5.99. The maximum atomic E-state index is 13.1. The van der Waals surface area contributed by atoms with Crippen molar-refractivity contribution in [1.82, 2.24) is 20.1 Å². The Balaban J connectivity index is 1.70. The van der Waals surface area contributed by atoms with E-state index in [9.17, 15) is 9.59 Å². The van der Waals surface area contributed by atoms with Gasteiger partial charge >= 0.3 is 6.03 Å². The van der Waals surface area contributed by atoms with Gasteiger partial charge in [-0.1, -0.05) is 18.2 Å². The number of amides is 3. The molecule has 136 valence electrons. The number of rotatable bonds is 0. The fourth-order valence-corrected chi connectivity index (χ4v) is 4.65. The highest BCUT2D eigenvalue weighted by Crippen LogP contribution is 2.39. The maximum Gasteiger partial charge on any atom is 0.331 e. The molecule has 1 aromatic rings. The second-order valence-electron chi connectivity index (χ2n) is 7.34. The molecular weight excluding hydrogens is 332 g/mol. The van der Waals surface area contributed by atoms with Crippen molar-refractivity contribution in [2.75, 3.05) is 38.6 Å². The number of hydrogen-bond acceptors (Lipinski definition) is 6. The smallest absolute Gasteiger partial charge is 0.331 e. The van der Waals surface area contributed by atoms with Crippen molar-refractivity contribution in [3.05, 3.63) is 29.8 Å². The summed E-state index contributed by atoms with van der Waals surface area (Å²) in [5, 5.41) is 10.4. The van der Waals surface area contributed by atoms with Crippen LogP contribution in [0.1, 0.15) is 5.56 Å². The highest BCUT2D eigenvalue weighted by atomic mass is 16.2. The third-order valence-electron chi connectivity index (χ3n) is 5.99. The summed E-state index contributed by atoms with van der Waals surface area (Å²) in [4.78, 5) is 30.6. The number of hydrazone groups is 1. The second-order valence-corrected chi connectivity index (χ2v) is 7.34. The number of piperazine rings is 1. The molecule has 5 rings (SSSR count). The number of urea groups is 1. The van der Waals surface area contributed by atoms with E-state index in [1.54, 1.807) is 14.1 Å². The van der Waals surface area contributed by atoms with E-state index in [0.29, 0.717) is 5.84 Å². The summed E-state index contributed by atoms with van der Waals surface area (Å²) >= 11 is 0. The Morgan fingerprint density at radius 3 is 2.77 bits per heavy atom. The van der Waals surface area contributed by atoms with E-state index >= 15 is 0 Å². The molecule has 0 saturated carbocycles. The topological polar surface area (TPSA) is 71.5 Å². The van der Waals surface area contributed by atoms with Crippen LogP contribution in [-0.4, -0.2) is 84.4 Å². The Kier molecular flexibility index (Phi) is 3.27. The fraction of sp³-hybridized carbons (Fsp3) is 0.500. The van der Waals surface area contributed by atoms with Gasteiger partial charge in [-0.15, -0.1) is 0 Å². The lowest BCUT2D eigenvalue weighted by Gasteiger charge is -2.42. The zero-order chi connectivity index (χ0) is 18.0. The Morgan fingerprint density at radius 1 is 1.12 bits per heavy atom. The van der Waals surface area contributed by atoms with Gasteiger partial charge in [-0.2, -0.15) is 5.10 Å². The SMILES string of the molecule is CN1C(=O)C2C(=NN3CCNCC3C3Cc4ccccc4N23)N(C)C1=O. The molecule has 4 aliphatic heterocycles. The second kappa shape index (κ2) is 5.44. The molecule has 0 aromatic heterocycles. The lowest BCUT2D eigenvalue weighted by Crippen LogP contribution is -2.66. The predicted octanol–water partition coefficient (Wildman–Crippen LogP) is -0.0890. The third kappa shape index (κ3) is 1.96. The Bertz CT molecular complexity index is 824. The summed E-state index contributed by atoms with van der Waals surface area (Å²) in [6.07, 6.45) is 0.882. The number of hydrogen-bond donors (Lipinski definition) is 1. The zero-order valence-electron chi connectivity index (χ0n) is 14.9. The molecule has 8 nitrogen and oxygen atoms in total. The van der Waals surface area contributed by atoms with E-state index in [1.165, 1.54) is 15.4 Å². The summed E-state index contributed by atoms with van der Waals surface area (Å²) in [6.45, 7) is 2.44. The van der Waals surface area contributed by atoms with Crippen molar-refractivity contribution in [2.45, 2.75) is 24.5 Å². The van der Waals surface area contributed by atoms with E-state index in [4.69, 9.17) is 5.10 Å². The minimum Gasteiger partial charge on any atom is -0.348 e. The number of fused-ring (bicyclic) bond motifs is 7. The van der Waals surface area contributed by atoms with Gasteiger partial charge in [0.25, 0.3) is 5.91 Å². The quantitative estimate of drug-likeness (QED) is 0.705. The first-order valence-corrected chi connectivity index (χ1v) is 9.05. The first-order chi connectivity index (χ1) is 12.6. The van der Waals surface area contributed by atoms with Gasteiger partial charge in [-0.25, -0.2) is 4.79 Å². The number of anilines is 1. The van der Waals surface area contributed by atoms with Crippen LogP contribution in [0.4, 0.5) is 10.5 Å². The summed E-state index contributed by atoms with van der Waals surface area (Å²) in [7, 11) is 3.26. The van der Waals surface area contributed by atoms with Crippen LogP contribution in [0.5, 0.6) is 0 Å². The molecule has 0 radical (unpaired) electrons. The van der Waals surface area contributed by atoms with E-state index in [2.05, 4.69) is 27.4 Å². The van der Waals surface area contributed by atoms with Crippen LogP contribution in [0.3, 0.4) is 0 Å². The van der Waals surface area contributed by atoms with Crippen LogP contribution in [0.25, 0.3) is 0 Å². The average Bonchev–Trinajstić information content (AvgIpc) is 2.97. The van der Waals surface area contributed by atoms with Crippen molar-refractivity contribution in [2.24, 2.45) is 5.10 Å².